The first-order valence-corrected chi connectivity index (χ1v) is 6.63. The van der Waals surface area contributed by atoms with Crippen molar-refractivity contribution in [3.05, 3.63) is 68.7 Å². The molecule has 1 atom stereocenters. The van der Waals surface area contributed by atoms with Crippen molar-refractivity contribution >= 4 is 23.0 Å². The Morgan fingerprint density at radius 3 is 2.60 bits per heavy atom. The molecule has 104 valence electrons. The lowest BCUT2D eigenvalue weighted by Gasteiger charge is -2.17. The summed E-state index contributed by atoms with van der Waals surface area (Å²) >= 11 is 5.97. The minimum atomic E-state index is -0.375. The van der Waals surface area contributed by atoms with Gasteiger partial charge in [-0.3, -0.25) is 10.1 Å². The Morgan fingerprint density at radius 1 is 1.25 bits per heavy atom. The number of nitrogens with one attached hydrogen (secondary N) is 1. The molecular weight excluding hydrogens is 276 g/mol. The van der Waals surface area contributed by atoms with Crippen LogP contribution in [0.3, 0.4) is 0 Å². The minimum Gasteiger partial charge on any atom is -0.373 e. The molecule has 20 heavy (non-hydrogen) atoms. The largest absolute Gasteiger partial charge is 0.373 e. The molecule has 0 radical (unpaired) electrons. The molecule has 5 heteroatoms. The lowest BCUT2D eigenvalue weighted by atomic mass is 10.1. The quantitative estimate of drug-likeness (QED) is 0.654. The molecule has 0 bridgehead atoms. The average Bonchev–Trinajstić information content (AvgIpc) is 2.40. The van der Waals surface area contributed by atoms with Gasteiger partial charge in [0.05, 0.1) is 4.92 Å². The van der Waals surface area contributed by atoms with Gasteiger partial charge in [-0.2, -0.15) is 0 Å². The number of hydrogen-bond donors (Lipinski definition) is 1. The van der Waals surface area contributed by atoms with E-state index in [0.717, 1.165) is 11.1 Å². The molecule has 0 aromatic heterocycles. The number of hydrogen-bond acceptors (Lipinski definition) is 3. The zero-order valence-corrected chi connectivity index (χ0v) is 12.0. The van der Waals surface area contributed by atoms with E-state index in [4.69, 9.17) is 11.6 Å². The molecule has 1 N–H and O–H groups in total. The van der Waals surface area contributed by atoms with Gasteiger partial charge in [0, 0.05) is 17.1 Å². The van der Waals surface area contributed by atoms with Crippen molar-refractivity contribution in [1.29, 1.82) is 0 Å². The highest BCUT2D eigenvalue weighted by molar-refractivity contribution is 6.30. The molecule has 2 aromatic rings. The number of anilines is 1. The van der Waals surface area contributed by atoms with Gasteiger partial charge in [-0.25, -0.2) is 0 Å². The van der Waals surface area contributed by atoms with Crippen molar-refractivity contribution in [2.75, 3.05) is 5.32 Å². The third-order valence-corrected chi connectivity index (χ3v) is 3.39. The summed E-state index contributed by atoms with van der Waals surface area (Å²) in [4.78, 5) is 10.7. The monoisotopic (exact) mass is 290 g/mol. The highest BCUT2D eigenvalue weighted by atomic mass is 35.5. The molecule has 0 aliphatic heterocycles. The van der Waals surface area contributed by atoms with E-state index in [2.05, 4.69) is 5.32 Å². The van der Waals surface area contributed by atoms with E-state index in [-0.39, 0.29) is 16.7 Å². The molecule has 0 saturated heterocycles. The van der Waals surface area contributed by atoms with E-state index in [1.165, 1.54) is 6.07 Å². The number of nitro groups is 1. The topological polar surface area (TPSA) is 55.2 Å². The maximum atomic E-state index is 11.1. The van der Waals surface area contributed by atoms with E-state index in [1.54, 1.807) is 12.1 Å². The molecule has 0 aliphatic rings. The van der Waals surface area contributed by atoms with Crippen LogP contribution in [0.1, 0.15) is 24.1 Å². The zero-order chi connectivity index (χ0) is 14.7. The summed E-state index contributed by atoms with van der Waals surface area (Å²) in [6.07, 6.45) is 0. The van der Waals surface area contributed by atoms with Crippen molar-refractivity contribution in [3.63, 3.8) is 0 Å². The lowest BCUT2D eigenvalue weighted by Crippen LogP contribution is -2.09. The fourth-order valence-corrected chi connectivity index (χ4v) is 2.27. The van der Waals surface area contributed by atoms with Gasteiger partial charge in [0.25, 0.3) is 5.69 Å². The first-order valence-electron chi connectivity index (χ1n) is 6.25. The van der Waals surface area contributed by atoms with Crippen LogP contribution < -0.4 is 5.32 Å². The van der Waals surface area contributed by atoms with Crippen molar-refractivity contribution in [3.8, 4) is 0 Å². The zero-order valence-electron chi connectivity index (χ0n) is 11.3. The van der Waals surface area contributed by atoms with Crippen LogP contribution in [0.5, 0.6) is 0 Å². The van der Waals surface area contributed by atoms with E-state index >= 15 is 0 Å². The van der Waals surface area contributed by atoms with Crippen LogP contribution in [-0.2, 0) is 0 Å². The third kappa shape index (κ3) is 3.08. The minimum absolute atomic E-state index is 0.0755. The Bertz CT molecular complexity index is 644. The molecule has 0 amide bonds. The average molecular weight is 291 g/mol. The highest BCUT2D eigenvalue weighted by Gasteiger charge is 2.17. The Kier molecular flexibility index (Phi) is 4.25. The summed E-state index contributed by atoms with van der Waals surface area (Å²) in [5.74, 6) is 0. The second kappa shape index (κ2) is 5.92. The fraction of sp³-hybridized carbons (Fsp3) is 0.200. The molecule has 0 saturated carbocycles. The number of nitrogens with zero attached hydrogens (tertiary/aromatic N) is 1. The SMILES string of the molecule is Cc1cccc([N+](=O)[O-])c1NC(C)c1cccc(Cl)c1. The van der Waals surface area contributed by atoms with Crippen LogP contribution >= 0.6 is 11.6 Å². The number of benzene rings is 2. The lowest BCUT2D eigenvalue weighted by molar-refractivity contribution is -0.384. The van der Waals surface area contributed by atoms with Crippen LogP contribution in [-0.4, -0.2) is 4.92 Å². The summed E-state index contributed by atoms with van der Waals surface area (Å²) in [7, 11) is 0. The van der Waals surface area contributed by atoms with E-state index in [9.17, 15) is 10.1 Å². The molecule has 0 aliphatic carbocycles. The van der Waals surface area contributed by atoms with Gasteiger partial charge in [0.2, 0.25) is 0 Å². The predicted molar refractivity (Wildman–Crippen MR) is 81.3 cm³/mol. The Hall–Kier alpha value is -2.07. The summed E-state index contributed by atoms with van der Waals surface area (Å²) in [6.45, 7) is 3.79. The van der Waals surface area contributed by atoms with E-state index < -0.39 is 0 Å². The maximum Gasteiger partial charge on any atom is 0.292 e. The Balaban J connectivity index is 2.32. The maximum absolute atomic E-state index is 11.1. The highest BCUT2D eigenvalue weighted by Crippen LogP contribution is 2.31. The van der Waals surface area contributed by atoms with Gasteiger partial charge in [-0.15, -0.1) is 0 Å². The predicted octanol–water partition coefficient (Wildman–Crippen LogP) is 4.73. The summed E-state index contributed by atoms with van der Waals surface area (Å²) < 4.78 is 0. The normalized spacial score (nSPS) is 11.9. The molecule has 0 heterocycles. The molecule has 1 unspecified atom stereocenters. The smallest absolute Gasteiger partial charge is 0.292 e. The Morgan fingerprint density at radius 2 is 1.95 bits per heavy atom. The number of halogens is 1. The summed E-state index contributed by atoms with van der Waals surface area (Å²) in [5, 5.41) is 14.9. The van der Waals surface area contributed by atoms with E-state index in [1.807, 2.05) is 38.1 Å². The molecule has 0 spiro atoms. The van der Waals surface area contributed by atoms with Crippen LogP contribution in [0.15, 0.2) is 42.5 Å². The van der Waals surface area contributed by atoms with Crippen molar-refractivity contribution < 1.29 is 4.92 Å². The van der Waals surface area contributed by atoms with Gasteiger partial charge in [-0.05, 0) is 37.1 Å². The van der Waals surface area contributed by atoms with Crippen molar-refractivity contribution in [2.24, 2.45) is 0 Å². The second-order valence-electron chi connectivity index (χ2n) is 4.65. The summed E-state index contributed by atoms with van der Waals surface area (Å²) in [5.41, 5.74) is 2.45. The number of nitro benzene ring substituents is 1. The number of aryl methyl sites for hydroxylation is 1. The van der Waals surface area contributed by atoms with Crippen molar-refractivity contribution in [2.45, 2.75) is 19.9 Å². The number of para-hydroxylation sites is 1. The van der Waals surface area contributed by atoms with Gasteiger partial charge in [0.1, 0.15) is 5.69 Å². The fourth-order valence-electron chi connectivity index (χ4n) is 2.07. The number of rotatable bonds is 4. The first kappa shape index (κ1) is 14.3. The second-order valence-corrected chi connectivity index (χ2v) is 5.08. The summed E-state index contributed by atoms with van der Waals surface area (Å²) in [6, 6.07) is 12.4. The third-order valence-electron chi connectivity index (χ3n) is 3.16. The first-order chi connectivity index (χ1) is 9.49. The van der Waals surface area contributed by atoms with Crippen LogP contribution in [0.2, 0.25) is 5.02 Å². The van der Waals surface area contributed by atoms with Gasteiger partial charge < -0.3 is 5.32 Å². The molecular formula is C15H15ClN2O2. The molecule has 2 aromatic carbocycles. The van der Waals surface area contributed by atoms with Gasteiger partial charge in [0.15, 0.2) is 0 Å². The molecule has 4 nitrogen and oxygen atoms in total. The van der Waals surface area contributed by atoms with Crippen LogP contribution in [0.4, 0.5) is 11.4 Å². The standard InChI is InChI=1S/C15H15ClN2O2/c1-10-5-3-8-14(18(19)20)15(10)17-11(2)12-6-4-7-13(16)9-12/h3-9,11,17H,1-2H3. The van der Waals surface area contributed by atoms with Crippen molar-refractivity contribution in [1.82, 2.24) is 0 Å². The van der Waals surface area contributed by atoms with E-state index in [0.29, 0.717) is 10.7 Å². The molecule has 0 fully saturated rings. The van der Waals surface area contributed by atoms with Crippen LogP contribution in [0, 0.1) is 17.0 Å². The van der Waals surface area contributed by atoms with Crippen LogP contribution in [0.25, 0.3) is 0 Å². The molecule has 2 rings (SSSR count). The van der Waals surface area contributed by atoms with Gasteiger partial charge >= 0.3 is 0 Å². The van der Waals surface area contributed by atoms with Gasteiger partial charge in [-0.1, -0.05) is 35.9 Å². The Labute approximate surface area is 122 Å².